The fourth-order valence-corrected chi connectivity index (χ4v) is 2.95. The Bertz CT molecular complexity index is 793. The maximum atomic E-state index is 12.7. The predicted octanol–water partition coefficient (Wildman–Crippen LogP) is 4.43. The minimum Gasteiger partial charge on any atom is -0.318 e. The SMILES string of the molecule is N[C@H]1C(=O)N(c2ccc(Cl)c(Cl)c2)[C@H]1c1ccc(C(F)(F)F)cc1. The zero-order chi connectivity index (χ0) is 17.6. The van der Waals surface area contributed by atoms with E-state index in [1.165, 1.54) is 23.1 Å². The van der Waals surface area contributed by atoms with E-state index in [0.717, 1.165) is 12.1 Å². The van der Waals surface area contributed by atoms with Crippen LogP contribution in [0.2, 0.25) is 10.0 Å². The van der Waals surface area contributed by atoms with Gasteiger partial charge in [-0.3, -0.25) is 4.79 Å². The van der Waals surface area contributed by atoms with Crippen molar-refractivity contribution in [1.82, 2.24) is 0 Å². The second-order valence-corrected chi connectivity index (χ2v) is 6.21. The molecule has 3 rings (SSSR count). The fourth-order valence-electron chi connectivity index (χ4n) is 2.66. The van der Waals surface area contributed by atoms with E-state index in [-0.39, 0.29) is 10.9 Å². The molecule has 8 heteroatoms. The lowest BCUT2D eigenvalue weighted by Crippen LogP contribution is -2.63. The van der Waals surface area contributed by atoms with E-state index in [2.05, 4.69) is 0 Å². The summed E-state index contributed by atoms with van der Waals surface area (Å²) in [5.41, 5.74) is 6.09. The molecule has 0 saturated carbocycles. The Hall–Kier alpha value is -1.76. The number of hydrogen-bond acceptors (Lipinski definition) is 2. The third-order valence-corrected chi connectivity index (χ3v) is 4.64. The quantitative estimate of drug-likeness (QED) is 0.790. The summed E-state index contributed by atoms with van der Waals surface area (Å²) in [6, 6.07) is 7.87. The maximum absolute atomic E-state index is 12.7. The minimum atomic E-state index is -4.42. The van der Waals surface area contributed by atoms with Gasteiger partial charge >= 0.3 is 6.18 Å². The Labute approximate surface area is 145 Å². The van der Waals surface area contributed by atoms with Crippen molar-refractivity contribution < 1.29 is 18.0 Å². The number of amides is 1. The van der Waals surface area contributed by atoms with Gasteiger partial charge in [-0.05, 0) is 35.9 Å². The van der Waals surface area contributed by atoms with Gasteiger partial charge in [0.25, 0.3) is 0 Å². The highest BCUT2D eigenvalue weighted by atomic mass is 35.5. The minimum absolute atomic E-state index is 0.272. The summed E-state index contributed by atoms with van der Waals surface area (Å²) in [4.78, 5) is 13.5. The number of alkyl halides is 3. The molecule has 0 aromatic heterocycles. The molecule has 2 aromatic carbocycles. The Morgan fingerprint density at radius 3 is 2.17 bits per heavy atom. The number of carbonyl (C=O) groups excluding carboxylic acids is 1. The largest absolute Gasteiger partial charge is 0.416 e. The van der Waals surface area contributed by atoms with Crippen LogP contribution in [0.3, 0.4) is 0 Å². The molecule has 0 radical (unpaired) electrons. The van der Waals surface area contributed by atoms with Gasteiger partial charge in [0.15, 0.2) is 0 Å². The molecule has 1 heterocycles. The molecule has 2 aromatic rings. The van der Waals surface area contributed by atoms with Crippen LogP contribution in [0.25, 0.3) is 0 Å². The van der Waals surface area contributed by atoms with Crippen LogP contribution in [0.15, 0.2) is 42.5 Å². The Morgan fingerprint density at radius 2 is 1.62 bits per heavy atom. The van der Waals surface area contributed by atoms with Crippen molar-refractivity contribution in [3.05, 3.63) is 63.6 Å². The lowest BCUT2D eigenvalue weighted by molar-refractivity contribution is -0.137. The highest BCUT2D eigenvalue weighted by Gasteiger charge is 2.47. The molecule has 0 unspecified atom stereocenters. The van der Waals surface area contributed by atoms with E-state index >= 15 is 0 Å². The van der Waals surface area contributed by atoms with Crippen LogP contribution in [-0.4, -0.2) is 11.9 Å². The summed E-state index contributed by atoms with van der Waals surface area (Å²) in [7, 11) is 0. The van der Waals surface area contributed by atoms with E-state index in [9.17, 15) is 18.0 Å². The summed E-state index contributed by atoms with van der Waals surface area (Å²) >= 11 is 11.8. The van der Waals surface area contributed by atoms with Crippen LogP contribution >= 0.6 is 23.2 Å². The van der Waals surface area contributed by atoms with Crippen LogP contribution in [-0.2, 0) is 11.0 Å². The summed E-state index contributed by atoms with van der Waals surface area (Å²) in [5.74, 6) is -0.335. The van der Waals surface area contributed by atoms with Gasteiger partial charge < -0.3 is 10.6 Å². The van der Waals surface area contributed by atoms with Crippen LogP contribution in [0.1, 0.15) is 17.2 Å². The van der Waals surface area contributed by atoms with E-state index in [1.807, 2.05) is 0 Å². The highest BCUT2D eigenvalue weighted by molar-refractivity contribution is 6.42. The number of hydrogen-bond donors (Lipinski definition) is 1. The Balaban J connectivity index is 1.94. The van der Waals surface area contributed by atoms with Gasteiger partial charge in [-0.25, -0.2) is 0 Å². The van der Waals surface area contributed by atoms with Gasteiger partial charge in [-0.15, -0.1) is 0 Å². The molecule has 1 aliphatic rings. The van der Waals surface area contributed by atoms with E-state index < -0.39 is 23.8 Å². The number of rotatable bonds is 2. The molecular formula is C16H11Cl2F3N2O. The monoisotopic (exact) mass is 374 g/mol. The molecular weight excluding hydrogens is 364 g/mol. The van der Waals surface area contributed by atoms with E-state index in [1.54, 1.807) is 12.1 Å². The van der Waals surface area contributed by atoms with E-state index in [4.69, 9.17) is 28.9 Å². The van der Waals surface area contributed by atoms with E-state index in [0.29, 0.717) is 16.3 Å². The number of β-lactam (4-membered cyclic amide) rings is 1. The van der Waals surface area contributed by atoms with Gasteiger partial charge in [-0.2, -0.15) is 13.2 Å². The lowest BCUT2D eigenvalue weighted by atomic mass is 9.88. The lowest BCUT2D eigenvalue weighted by Gasteiger charge is -2.45. The summed E-state index contributed by atoms with van der Waals surface area (Å²) in [5, 5.41) is 0.609. The molecule has 0 bridgehead atoms. The summed E-state index contributed by atoms with van der Waals surface area (Å²) in [6.45, 7) is 0. The second-order valence-electron chi connectivity index (χ2n) is 5.40. The first kappa shape index (κ1) is 17.1. The smallest absolute Gasteiger partial charge is 0.318 e. The number of nitrogens with zero attached hydrogens (tertiary/aromatic N) is 1. The summed E-state index contributed by atoms with van der Waals surface area (Å²) in [6.07, 6.45) is -4.42. The number of carbonyl (C=O) groups is 1. The Kier molecular flexibility index (Phi) is 4.23. The molecule has 3 nitrogen and oxygen atoms in total. The Morgan fingerprint density at radius 1 is 1.00 bits per heavy atom. The second kappa shape index (κ2) is 5.95. The van der Waals surface area contributed by atoms with Gasteiger partial charge in [0, 0.05) is 5.69 Å². The first-order valence-electron chi connectivity index (χ1n) is 6.91. The van der Waals surface area contributed by atoms with Crippen molar-refractivity contribution in [2.24, 2.45) is 5.73 Å². The van der Waals surface area contributed by atoms with Crippen LogP contribution in [0, 0.1) is 0 Å². The van der Waals surface area contributed by atoms with Crippen molar-refractivity contribution in [3.8, 4) is 0 Å². The molecule has 126 valence electrons. The molecule has 2 atom stereocenters. The maximum Gasteiger partial charge on any atom is 0.416 e. The van der Waals surface area contributed by atoms with Crippen molar-refractivity contribution in [2.45, 2.75) is 18.3 Å². The molecule has 0 aliphatic carbocycles. The zero-order valence-electron chi connectivity index (χ0n) is 12.0. The summed E-state index contributed by atoms with van der Waals surface area (Å²) < 4.78 is 38.0. The molecule has 24 heavy (non-hydrogen) atoms. The predicted molar refractivity (Wildman–Crippen MR) is 86.1 cm³/mol. The molecule has 2 N–H and O–H groups in total. The number of benzene rings is 2. The third-order valence-electron chi connectivity index (χ3n) is 3.90. The molecule has 0 spiro atoms. The highest BCUT2D eigenvalue weighted by Crippen LogP contribution is 2.40. The fraction of sp³-hybridized carbons (Fsp3) is 0.188. The van der Waals surface area contributed by atoms with Crippen LogP contribution in [0.4, 0.5) is 18.9 Å². The topological polar surface area (TPSA) is 46.3 Å². The average molecular weight is 375 g/mol. The zero-order valence-corrected chi connectivity index (χ0v) is 13.5. The van der Waals surface area contributed by atoms with Crippen LogP contribution < -0.4 is 10.6 Å². The first-order chi connectivity index (χ1) is 11.2. The van der Waals surface area contributed by atoms with Gasteiger partial charge in [-0.1, -0.05) is 35.3 Å². The molecule has 1 aliphatic heterocycles. The molecule has 1 fully saturated rings. The van der Waals surface area contributed by atoms with Crippen molar-refractivity contribution in [2.75, 3.05) is 4.90 Å². The van der Waals surface area contributed by atoms with Crippen molar-refractivity contribution >= 4 is 34.8 Å². The number of halogens is 5. The van der Waals surface area contributed by atoms with Crippen LogP contribution in [0.5, 0.6) is 0 Å². The van der Waals surface area contributed by atoms with Gasteiger partial charge in [0.1, 0.15) is 6.04 Å². The van der Waals surface area contributed by atoms with Crippen molar-refractivity contribution in [3.63, 3.8) is 0 Å². The molecule has 1 amide bonds. The first-order valence-corrected chi connectivity index (χ1v) is 7.66. The number of nitrogens with two attached hydrogens (primary N) is 1. The van der Waals surface area contributed by atoms with Gasteiger partial charge in [0.2, 0.25) is 5.91 Å². The average Bonchev–Trinajstić information content (AvgIpc) is 2.54. The standard InChI is InChI=1S/C16H11Cl2F3N2O/c17-11-6-5-10(7-12(11)18)23-14(13(22)15(23)24)8-1-3-9(4-2-8)16(19,20)21/h1-7,13-14H,22H2/t13-,14+/m1/s1. The number of anilines is 1. The van der Waals surface area contributed by atoms with Gasteiger partial charge in [0.05, 0.1) is 21.7 Å². The van der Waals surface area contributed by atoms with Crippen molar-refractivity contribution in [1.29, 1.82) is 0 Å². The normalized spacial score (nSPS) is 20.9. The molecule has 1 saturated heterocycles. The third kappa shape index (κ3) is 2.85.